The number of halogens is 1. The third-order valence-electron chi connectivity index (χ3n) is 3.76. The summed E-state index contributed by atoms with van der Waals surface area (Å²) in [5.74, 6) is -0.181. The van der Waals surface area contributed by atoms with E-state index in [0.717, 1.165) is 4.90 Å². The highest BCUT2D eigenvalue weighted by molar-refractivity contribution is 7.80. The lowest BCUT2D eigenvalue weighted by Gasteiger charge is -2.14. The normalized spacial score (nSPS) is 14.9. The van der Waals surface area contributed by atoms with Gasteiger partial charge in [-0.1, -0.05) is 18.2 Å². The smallest absolute Gasteiger partial charge is 0.281 e. The zero-order valence-corrected chi connectivity index (χ0v) is 15.0. The highest BCUT2D eigenvalue weighted by atomic mass is 32.1. The summed E-state index contributed by atoms with van der Waals surface area (Å²) in [6.07, 6.45) is 1.58. The van der Waals surface area contributed by atoms with Crippen molar-refractivity contribution in [1.29, 1.82) is 5.26 Å². The van der Waals surface area contributed by atoms with Crippen LogP contribution in [0.25, 0.3) is 6.08 Å². The number of para-hydroxylation sites is 1. The van der Waals surface area contributed by atoms with Gasteiger partial charge in [-0.05, 0) is 48.1 Å². The van der Waals surface area contributed by atoms with Gasteiger partial charge in [0.25, 0.3) is 5.91 Å². The van der Waals surface area contributed by atoms with Crippen molar-refractivity contribution in [3.8, 4) is 17.6 Å². The molecule has 0 saturated carbocycles. The van der Waals surface area contributed by atoms with Gasteiger partial charge in [0, 0.05) is 0 Å². The van der Waals surface area contributed by atoms with Crippen LogP contribution in [0.2, 0.25) is 0 Å². The van der Waals surface area contributed by atoms with Crippen molar-refractivity contribution in [2.24, 2.45) is 0 Å². The lowest BCUT2D eigenvalue weighted by molar-refractivity contribution is -0.113. The summed E-state index contributed by atoms with van der Waals surface area (Å²) >= 11 is 5.18. The van der Waals surface area contributed by atoms with Crippen LogP contribution < -0.4 is 19.7 Å². The molecule has 1 heterocycles. The Labute approximate surface area is 160 Å². The van der Waals surface area contributed by atoms with Gasteiger partial charge in [0.15, 0.2) is 23.2 Å². The molecule has 2 aromatic carbocycles. The molecule has 1 saturated heterocycles. The minimum atomic E-state index is -0.545. The Balaban J connectivity index is 1.90. The molecule has 0 spiro atoms. The van der Waals surface area contributed by atoms with Crippen LogP contribution in [-0.4, -0.2) is 24.7 Å². The number of methoxy groups -OCH3 is 1. The summed E-state index contributed by atoms with van der Waals surface area (Å²) in [7, 11) is 1.47. The number of anilines is 1. The van der Waals surface area contributed by atoms with Crippen molar-refractivity contribution in [3.63, 3.8) is 0 Å². The molecule has 1 N–H and O–H groups in total. The number of carbonyl (C=O) groups is 1. The highest BCUT2D eigenvalue weighted by Gasteiger charge is 2.33. The van der Waals surface area contributed by atoms with Crippen molar-refractivity contribution < 1.29 is 18.7 Å². The van der Waals surface area contributed by atoms with Gasteiger partial charge < -0.3 is 14.8 Å². The minimum Gasteiger partial charge on any atom is -0.493 e. The number of amides is 1. The number of nitriles is 1. The first-order chi connectivity index (χ1) is 13.0. The number of ether oxygens (including phenoxy) is 2. The molecule has 1 amide bonds. The lowest BCUT2D eigenvalue weighted by Crippen LogP contribution is -2.31. The SMILES string of the molecule is COc1cc(/C=C2\NC(=S)N(c3ccccc3F)C2=O)ccc1OCC#N. The molecule has 3 rings (SSSR count). The number of hydrogen-bond donors (Lipinski definition) is 1. The summed E-state index contributed by atoms with van der Waals surface area (Å²) in [5.41, 5.74) is 0.933. The van der Waals surface area contributed by atoms with Crippen LogP contribution in [-0.2, 0) is 4.79 Å². The number of nitrogens with one attached hydrogen (secondary N) is 1. The van der Waals surface area contributed by atoms with Gasteiger partial charge in [-0.2, -0.15) is 5.26 Å². The molecule has 0 unspecified atom stereocenters. The molecule has 1 aliphatic rings. The maximum absolute atomic E-state index is 14.0. The maximum Gasteiger partial charge on any atom is 0.281 e. The number of nitrogens with zero attached hydrogens (tertiary/aromatic N) is 2. The van der Waals surface area contributed by atoms with Gasteiger partial charge >= 0.3 is 0 Å². The Kier molecular flexibility index (Phi) is 5.33. The van der Waals surface area contributed by atoms with E-state index >= 15 is 0 Å². The molecule has 8 heteroatoms. The molecule has 0 aromatic heterocycles. The lowest BCUT2D eigenvalue weighted by atomic mass is 10.1. The minimum absolute atomic E-state index is 0.0845. The molecule has 1 fully saturated rings. The molecular formula is C19H14FN3O3S. The van der Waals surface area contributed by atoms with Crippen LogP contribution in [0, 0.1) is 17.1 Å². The van der Waals surface area contributed by atoms with Gasteiger partial charge in [-0.3, -0.25) is 4.79 Å². The average molecular weight is 383 g/mol. The second-order valence-electron chi connectivity index (χ2n) is 5.44. The molecular weight excluding hydrogens is 369 g/mol. The van der Waals surface area contributed by atoms with Gasteiger partial charge in [0.1, 0.15) is 17.6 Å². The van der Waals surface area contributed by atoms with Crippen molar-refractivity contribution in [1.82, 2.24) is 5.32 Å². The third kappa shape index (κ3) is 3.73. The van der Waals surface area contributed by atoms with Gasteiger partial charge in [-0.15, -0.1) is 0 Å². The van der Waals surface area contributed by atoms with Crippen molar-refractivity contribution >= 4 is 35.0 Å². The van der Waals surface area contributed by atoms with Crippen LogP contribution >= 0.6 is 12.2 Å². The van der Waals surface area contributed by atoms with Crippen LogP contribution in [0.1, 0.15) is 5.56 Å². The van der Waals surface area contributed by atoms with E-state index in [2.05, 4.69) is 5.32 Å². The van der Waals surface area contributed by atoms with Crippen LogP contribution in [0.3, 0.4) is 0 Å². The van der Waals surface area contributed by atoms with E-state index in [1.54, 1.807) is 30.3 Å². The Morgan fingerprint density at radius 1 is 1.30 bits per heavy atom. The largest absolute Gasteiger partial charge is 0.493 e. The van der Waals surface area contributed by atoms with Crippen molar-refractivity contribution in [3.05, 3.63) is 59.5 Å². The Hall–Kier alpha value is -3.44. The summed E-state index contributed by atoms with van der Waals surface area (Å²) in [6.45, 7) is -0.108. The molecule has 2 aromatic rings. The quantitative estimate of drug-likeness (QED) is 0.632. The van der Waals surface area contributed by atoms with Crippen molar-refractivity contribution in [2.75, 3.05) is 18.6 Å². The average Bonchev–Trinajstić information content (AvgIpc) is 2.94. The Morgan fingerprint density at radius 3 is 2.78 bits per heavy atom. The molecule has 27 heavy (non-hydrogen) atoms. The number of rotatable bonds is 5. The third-order valence-corrected chi connectivity index (χ3v) is 4.05. The molecule has 1 aliphatic heterocycles. The summed E-state index contributed by atoms with van der Waals surface area (Å²) in [5, 5.41) is 11.5. The second-order valence-corrected chi connectivity index (χ2v) is 5.82. The van der Waals surface area contributed by atoms with E-state index in [-0.39, 0.29) is 23.1 Å². The first-order valence-corrected chi connectivity index (χ1v) is 8.25. The first-order valence-electron chi connectivity index (χ1n) is 7.84. The van der Waals surface area contributed by atoms with Crippen LogP contribution in [0.15, 0.2) is 48.2 Å². The number of hydrogen-bond acceptors (Lipinski definition) is 5. The molecule has 0 atom stereocenters. The fourth-order valence-corrected chi connectivity index (χ4v) is 2.85. The van der Waals surface area contributed by atoms with E-state index in [1.807, 2.05) is 6.07 Å². The topological polar surface area (TPSA) is 74.6 Å². The Morgan fingerprint density at radius 2 is 2.07 bits per heavy atom. The fourth-order valence-electron chi connectivity index (χ4n) is 2.56. The monoisotopic (exact) mass is 383 g/mol. The predicted molar refractivity (Wildman–Crippen MR) is 102 cm³/mol. The highest BCUT2D eigenvalue weighted by Crippen LogP contribution is 2.30. The molecule has 0 radical (unpaired) electrons. The predicted octanol–water partition coefficient (Wildman–Crippen LogP) is 3.00. The van der Waals surface area contributed by atoms with E-state index < -0.39 is 11.7 Å². The molecule has 0 aliphatic carbocycles. The van der Waals surface area contributed by atoms with Gasteiger partial charge in [0.05, 0.1) is 12.8 Å². The first kappa shape index (κ1) is 18.4. The number of benzene rings is 2. The number of thiocarbonyl (C=S) groups is 1. The molecule has 6 nitrogen and oxygen atoms in total. The summed E-state index contributed by atoms with van der Waals surface area (Å²) in [4.78, 5) is 13.8. The fraction of sp³-hybridized carbons (Fsp3) is 0.105. The standard InChI is InChI=1S/C19H14FN3O3S/c1-25-17-11-12(6-7-16(17)26-9-8-21)10-14-18(24)23(19(27)22-14)15-5-3-2-4-13(15)20/h2-7,10-11H,9H2,1H3,(H,22,27)/b14-10-. The summed E-state index contributed by atoms with van der Waals surface area (Å²) < 4.78 is 24.5. The zero-order chi connectivity index (χ0) is 19.4. The van der Waals surface area contributed by atoms with Crippen LogP contribution in [0.5, 0.6) is 11.5 Å². The van der Waals surface area contributed by atoms with Gasteiger partial charge in [-0.25, -0.2) is 9.29 Å². The van der Waals surface area contributed by atoms with E-state index in [0.29, 0.717) is 17.1 Å². The van der Waals surface area contributed by atoms with E-state index in [9.17, 15) is 9.18 Å². The van der Waals surface area contributed by atoms with E-state index in [1.165, 1.54) is 25.3 Å². The van der Waals surface area contributed by atoms with Gasteiger partial charge in [0.2, 0.25) is 0 Å². The van der Waals surface area contributed by atoms with Crippen LogP contribution in [0.4, 0.5) is 10.1 Å². The summed E-state index contributed by atoms with van der Waals surface area (Å²) in [6, 6.07) is 12.8. The maximum atomic E-state index is 14.0. The molecule has 0 bridgehead atoms. The van der Waals surface area contributed by atoms with E-state index in [4.69, 9.17) is 27.0 Å². The zero-order valence-electron chi connectivity index (χ0n) is 14.2. The second kappa shape index (κ2) is 7.85. The number of carbonyl (C=O) groups excluding carboxylic acids is 1. The Bertz CT molecular complexity index is 984. The molecule has 136 valence electrons. The van der Waals surface area contributed by atoms with Crippen molar-refractivity contribution in [2.45, 2.75) is 0 Å².